The molecule has 1 N–H and O–H groups in total. The van der Waals surface area contributed by atoms with Gasteiger partial charge in [0.2, 0.25) is 5.82 Å². The molecule has 0 bridgehead atoms. The zero-order valence-electron chi connectivity index (χ0n) is 12.4. The molecule has 2 aromatic heterocycles. The van der Waals surface area contributed by atoms with Gasteiger partial charge in [-0.25, -0.2) is 14.3 Å². The van der Waals surface area contributed by atoms with Crippen LogP contribution < -0.4 is 0 Å². The first-order valence-electron chi connectivity index (χ1n) is 6.56. The van der Waals surface area contributed by atoms with Gasteiger partial charge in [0.25, 0.3) is 11.7 Å². The van der Waals surface area contributed by atoms with Crippen LogP contribution in [0, 0.1) is 13.8 Å². The number of hydrogen-bond acceptors (Lipinski definition) is 5. The summed E-state index contributed by atoms with van der Waals surface area (Å²) in [7, 11) is 1.43. The van der Waals surface area contributed by atoms with Crippen molar-refractivity contribution in [3.8, 4) is 0 Å². The second kappa shape index (κ2) is 5.47. The highest BCUT2D eigenvalue weighted by Crippen LogP contribution is 2.09. The molecule has 0 radical (unpaired) electrons. The van der Waals surface area contributed by atoms with E-state index in [1.807, 2.05) is 19.9 Å². The van der Waals surface area contributed by atoms with E-state index in [0.717, 1.165) is 16.3 Å². The maximum Gasteiger partial charge on any atom is 0.326 e. The number of nitrogens with zero attached hydrogens (tertiary/aromatic N) is 5. The van der Waals surface area contributed by atoms with Crippen molar-refractivity contribution in [2.24, 2.45) is 0 Å². The van der Waals surface area contributed by atoms with Crippen molar-refractivity contribution < 1.29 is 14.7 Å². The van der Waals surface area contributed by atoms with E-state index in [9.17, 15) is 9.59 Å². The Morgan fingerprint density at radius 3 is 2.62 bits per heavy atom. The van der Waals surface area contributed by atoms with Gasteiger partial charge >= 0.3 is 5.97 Å². The molecule has 0 saturated carbocycles. The molecule has 0 aliphatic heterocycles. The molecule has 112 valence electrons. The van der Waals surface area contributed by atoms with Gasteiger partial charge in [0.1, 0.15) is 6.04 Å². The van der Waals surface area contributed by atoms with Crippen LogP contribution in [0.3, 0.4) is 0 Å². The van der Waals surface area contributed by atoms with Gasteiger partial charge in [-0.15, -0.1) is 5.10 Å². The summed E-state index contributed by atoms with van der Waals surface area (Å²) >= 11 is 0. The van der Waals surface area contributed by atoms with E-state index in [-0.39, 0.29) is 5.82 Å². The molecule has 0 fully saturated rings. The number of amides is 1. The number of fused-ring (bicyclic) bond motifs is 1. The van der Waals surface area contributed by atoms with Gasteiger partial charge in [0.05, 0.1) is 0 Å². The number of carboxylic acids is 1. The van der Waals surface area contributed by atoms with E-state index in [4.69, 9.17) is 5.11 Å². The summed E-state index contributed by atoms with van der Waals surface area (Å²) in [6, 6.07) is 0.922. The largest absolute Gasteiger partial charge is 0.480 e. The van der Waals surface area contributed by atoms with E-state index in [1.165, 1.54) is 11.6 Å². The fourth-order valence-electron chi connectivity index (χ4n) is 2.17. The van der Waals surface area contributed by atoms with Crippen molar-refractivity contribution >= 4 is 17.7 Å². The average molecular weight is 291 g/mol. The molecular weight excluding hydrogens is 274 g/mol. The third-order valence-electron chi connectivity index (χ3n) is 3.27. The number of carbonyl (C=O) groups excluding carboxylic acids is 1. The van der Waals surface area contributed by atoms with Gasteiger partial charge in [-0.05, 0) is 26.3 Å². The Balaban J connectivity index is 2.40. The van der Waals surface area contributed by atoms with Gasteiger partial charge in [0.15, 0.2) is 0 Å². The van der Waals surface area contributed by atoms with Crippen LogP contribution in [0.25, 0.3) is 5.78 Å². The Bertz CT molecular complexity index is 709. The minimum Gasteiger partial charge on any atom is -0.480 e. The van der Waals surface area contributed by atoms with E-state index in [2.05, 4.69) is 15.1 Å². The van der Waals surface area contributed by atoms with E-state index in [0.29, 0.717) is 12.2 Å². The zero-order chi connectivity index (χ0) is 15.7. The summed E-state index contributed by atoms with van der Waals surface area (Å²) in [4.78, 5) is 32.9. The lowest BCUT2D eigenvalue weighted by Crippen LogP contribution is -2.42. The highest BCUT2D eigenvalue weighted by molar-refractivity contribution is 5.93. The van der Waals surface area contributed by atoms with E-state index < -0.39 is 17.9 Å². The molecule has 2 heterocycles. The summed E-state index contributed by atoms with van der Waals surface area (Å²) in [5.41, 5.74) is 1.58. The average Bonchev–Trinajstić information content (AvgIpc) is 2.82. The Labute approximate surface area is 121 Å². The highest BCUT2D eigenvalue weighted by Gasteiger charge is 2.28. The second-order valence-electron chi connectivity index (χ2n) is 4.86. The van der Waals surface area contributed by atoms with Crippen molar-refractivity contribution in [1.29, 1.82) is 0 Å². The predicted molar refractivity (Wildman–Crippen MR) is 74.1 cm³/mol. The molecule has 0 aromatic carbocycles. The Morgan fingerprint density at radius 1 is 1.38 bits per heavy atom. The van der Waals surface area contributed by atoms with Crippen molar-refractivity contribution in [2.75, 3.05) is 7.05 Å². The summed E-state index contributed by atoms with van der Waals surface area (Å²) in [6.07, 6.45) is 0.307. The number of carbonyl (C=O) groups is 2. The van der Waals surface area contributed by atoms with Gasteiger partial charge in [0, 0.05) is 18.4 Å². The fourth-order valence-corrected chi connectivity index (χ4v) is 2.17. The molecule has 8 nitrogen and oxygen atoms in total. The molecule has 8 heteroatoms. The van der Waals surface area contributed by atoms with Crippen molar-refractivity contribution in [1.82, 2.24) is 24.5 Å². The summed E-state index contributed by atoms with van der Waals surface area (Å²) < 4.78 is 1.47. The molecule has 2 aromatic rings. The quantitative estimate of drug-likeness (QED) is 0.888. The number of hydrogen-bond donors (Lipinski definition) is 1. The molecule has 0 saturated heterocycles. The van der Waals surface area contributed by atoms with Gasteiger partial charge in [-0.2, -0.15) is 4.98 Å². The number of likely N-dealkylation sites (N-methyl/N-ethyl adjacent to an activating group) is 1. The lowest BCUT2D eigenvalue weighted by Gasteiger charge is -2.22. The van der Waals surface area contributed by atoms with Crippen LogP contribution in [0.4, 0.5) is 0 Å². The van der Waals surface area contributed by atoms with E-state index in [1.54, 1.807) is 6.92 Å². The first-order chi connectivity index (χ1) is 9.85. The summed E-state index contributed by atoms with van der Waals surface area (Å²) in [5, 5.41) is 13.2. The standard InChI is InChI=1S/C13H17N5O3/c1-5-9(12(20)21)17(4)11(19)10-15-13-14-7(2)6-8(3)18(13)16-10/h6,9H,5H2,1-4H3,(H,20,21). The molecule has 1 atom stereocenters. The molecular formula is C13H17N5O3. The SMILES string of the molecule is CCC(C(=O)O)N(C)C(=O)c1nc2nc(C)cc(C)n2n1. The highest BCUT2D eigenvalue weighted by atomic mass is 16.4. The lowest BCUT2D eigenvalue weighted by molar-refractivity contribution is -0.142. The molecule has 2 rings (SSSR count). The number of aliphatic carboxylic acids is 1. The topological polar surface area (TPSA) is 101 Å². The molecule has 0 spiro atoms. The first-order valence-corrected chi connectivity index (χ1v) is 6.56. The van der Waals surface area contributed by atoms with Crippen molar-refractivity contribution in [3.63, 3.8) is 0 Å². The minimum atomic E-state index is -1.05. The van der Waals surface area contributed by atoms with E-state index >= 15 is 0 Å². The fraction of sp³-hybridized carbons (Fsp3) is 0.462. The lowest BCUT2D eigenvalue weighted by atomic mass is 10.2. The second-order valence-corrected chi connectivity index (χ2v) is 4.86. The van der Waals surface area contributed by atoms with Crippen LogP contribution in [-0.2, 0) is 4.79 Å². The molecule has 1 amide bonds. The van der Waals surface area contributed by atoms with Crippen molar-refractivity contribution in [2.45, 2.75) is 33.2 Å². The van der Waals surface area contributed by atoms with Gasteiger partial charge < -0.3 is 10.0 Å². The minimum absolute atomic E-state index is 0.0570. The van der Waals surface area contributed by atoms with Crippen LogP contribution in [0.5, 0.6) is 0 Å². The predicted octanol–water partition coefficient (Wildman–Crippen LogP) is 0.676. The maximum absolute atomic E-state index is 12.3. The summed E-state index contributed by atoms with van der Waals surface area (Å²) in [6.45, 7) is 5.36. The van der Waals surface area contributed by atoms with Crippen LogP contribution in [0.2, 0.25) is 0 Å². The van der Waals surface area contributed by atoms with Crippen molar-refractivity contribution in [3.05, 3.63) is 23.3 Å². The summed E-state index contributed by atoms with van der Waals surface area (Å²) in [5.74, 6) is -1.32. The molecule has 21 heavy (non-hydrogen) atoms. The number of rotatable bonds is 4. The van der Waals surface area contributed by atoms with Gasteiger partial charge in [-0.3, -0.25) is 4.79 Å². The monoisotopic (exact) mass is 291 g/mol. The van der Waals surface area contributed by atoms with Crippen LogP contribution in [0.15, 0.2) is 6.07 Å². The molecule has 0 aliphatic rings. The van der Waals surface area contributed by atoms with Crippen LogP contribution in [-0.4, -0.2) is 54.6 Å². The Hall–Kier alpha value is -2.51. The normalized spacial score (nSPS) is 12.4. The van der Waals surface area contributed by atoms with Gasteiger partial charge in [-0.1, -0.05) is 6.92 Å². The molecule has 1 unspecified atom stereocenters. The molecule has 0 aliphatic carbocycles. The van der Waals surface area contributed by atoms with Crippen LogP contribution >= 0.6 is 0 Å². The third-order valence-corrected chi connectivity index (χ3v) is 3.27. The first kappa shape index (κ1) is 14.9. The number of aryl methyl sites for hydroxylation is 2. The Kier molecular flexibility index (Phi) is 3.88. The third kappa shape index (κ3) is 2.69. The number of carboxylic acid groups (broad SMARTS) is 1. The van der Waals surface area contributed by atoms with Crippen LogP contribution in [0.1, 0.15) is 35.4 Å². The number of aromatic nitrogens is 4. The zero-order valence-corrected chi connectivity index (χ0v) is 12.4. The Morgan fingerprint density at radius 2 is 2.05 bits per heavy atom. The maximum atomic E-state index is 12.3. The smallest absolute Gasteiger partial charge is 0.326 e.